The first-order chi connectivity index (χ1) is 9.85. The molecule has 0 unspecified atom stereocenters. The molecule has 0 aromatic carbocycles. The maximum Gasteiger partial charge on any atom is 0.411 e. The third-order valence-electron chi connectivity index (χ3n) is 3.82. The zero-order chi connectivity index (χ0) is 15.2. The number of halogens is 1. The Morgan fingerprint density at radius 2 is 2.14 bits per heavy atom. The summed E-state index contributed by atoms with van der Waals surface area (Å²) in [4.78, 5) is 18.4. The van der Waals surface area contributed by atoms with Crippen molar-refractivity contribution in [1.29, 1.82) is 0 Å². The molecule has 1 aromatic heterocycles. The summed E-state index contributed by atoms with van der Waals surface area (Å²) in [5.41, 5.74) is 1.71. The Hall–Kier alpha value is -1.55. The third-order valence-corrected chi connectivity index (χ3v) is 4.05. The lowest BCUT2D eigenvalue weighted by Crippen LogP contribution is -2.40. The number of amides is 1. The first kappa shape index (κ1) is 14.4. The number of carbonyl (C=O) groups is 1. The van der Waals surface area contributed by atoms with Crippen LogP contribution in [-0.4, -0.2) is 33.7 Å². The van der Waals surface area contributed by atoms with E-state index in [0.29, 0.717) is 5.15 Å². The second-order valence-electron chi connectivity index (χ2n) is 6.54. The number of nitrogens with zero attached hydrogens (tertiary/aromatic N) is 2. The van der Waals surface area contributed by atoms with Gasteiger partial charge in [0.15, 0.2) is 0 Å². The number of rotatable bonds is 1. The Balaban J connectivity index is 1.81. The summed E-state index contributed by atoms with van der Waals surface area (Å²) in [6, 6.07) is 3.96. The van der Waals surface area contributed by atoms with Crippen molar-refractivity contribution in [1.82, 2.24) is 9.88 Å². The maximum atomic E-state index is 12.4. The number of ether oxygens (including phenoxy) is 1. The van der Waals surface area contributed by atoms with E-state index < -0.39 is 5.60 Å². The molecule has 112 valence electrons. The van der Waals surface area contributed by atoms with Crippen LogP contribution in [0.4, 0.5) is 4.79 Å². The normalized spacial score (nSPS) is 24.2. The van der Waals surface area contributed by atoms with Crippen LogP contribution in [0.5, 0.6) is 0 Å². The van der Waals surface area contributed by atoms with Crippen LogP contribution < -0.4 is 0 Å². The Kier molecular flexibility index (Phi) is 3.44. The summed E-state index contributed by atoms with van der Waals surface area (Å²) < 4.78 is 5.52. The molecule has 3 heterocycles. The highest BCUT2D eigenvalue weighted by Gasteiger charge is 2.45. The molecule has 0 radical (unpaired) electrons. The van der Waals surface area contributed by atoms with Gasteiger partial charge in [-0.2, -0.15) is 0 Å². The van der Waals surface area contributed by atoms with Crippen LogP contribution in [0.3, 0.4) is 0 Å². The largest absolute Gasteiger partial charge is 0.444 e. The average molecular weight is 307 g/mol. The van der Waals surface area contributed by atoms with E-state index in [9.17, 15) is 4.79 Å². The number of hydrogen-bond acceptors (Lipinski definition) is 3. The summed E-state index contributed by atoms with van der Waals surface area (Å²) in [7, 11) is 0. The second kappa shape index (κ2) is 5.02. The van der Waals surface area contributed by atoms with Gasteiger partial charge in [0.2, 0.25) is 0 Å². The Bertz CT molecular complexity index is 589. The second-order valence-corrected chi connectivity index (χ2v) is 6.93. The predicted molar refractivity (Wildman–Crippen MR) is 82.1 cm³/mol. The van der Waals surface area contributed by atoms with Gasteiger partial charge in [-0.1, -0.05) is 23.7 Å². The smallest absolute Gasteiger partial charge is 0.411 e. The van der Waals surface area contributed by atoms with Gasteiger partial charge in [0.05, 0.1) is 12.1 Å². The quantitative estimate of drug-likeness (QED) is 0.739. The van der Waals surface area contributed by atoms with Crippen LogP contribution in [0.15, 0.2) is 24.4 Å². The zero-order valence-electron chi connectivity index (χ0n) is 12.5. The van der Waals surface area contributed by atoms with Crippen LogP contribution in [0.25, 0.3) is 5.57 Å². The van der Waals surface area contributed by atoms with E-state index in [1.807, 2.05) is 31.7 Å². The minimum Gasteiger partial charge on any atom is -0.444 e. The van der Waals surface area contributed by atoms with Crippen molar-refractivity contribution in [2.24, 2.45) is 0 Å². The molecule has 5 heteroatoms. The Morgan fingerprint density at radius 1 is 1.38 bits per heavy atom. The zero-order valence-corrected chi connectivity index (χ0v) is 13.2. The molecule has 0 aliphatic carbocycles. The van der Waals surface area contributed by atoms with Crippen LogP contribution in [0.1, 0.15) is 39.2 Å². The number of hydrogen-bond donors (Lipinski definition) is 0. The van der Waals surface area contributed by atoms with Crippen LogP contribution in [0.2, 0.25) is 5.15 Å². The Labute approximate surface area is 129 Å². The molecule has 1 aromatic rings. The SMILES string of the molecule is CC(C)(C)OC(=O)N1[C@@H]2C=C(c3ccc(Cl)nc3)[C@H]1CC2. The molecular weight excluding hydrogens is 288 g/mol. The van der Waals surface area contributed by atoms with Gasteiger partial charge in [0, 0.05) is 6.20 Å². The molecule has 1 amide bonds. The van der Waals surface area contributed by atoms with E-state index >= 15 is 0 Å². The first-order valence-electron chi connectivity index (χ1n) is 7.20. The molecule has 2 bridgehead atoms. The number of carbonyl (C=O) groups excluding carboxylic acids is 1. The van der Waals surface area contributed by atoms with Crippen LogP contribution in [-0.2, 0) is 4.74 Å². The van der Waals surface area contributed by atoms with Crippen LogP contribution >= 0.6 is 11.6 Å². The van der Waals surface area contributed by atoms with Crippen molar-refractivity contribution in [2.75, 3.05) is 0 Å². The molecule has 4 nitrogen and oxygen atoms in total. The topological polar surface area (TPSA) is 42.4 Å². The molecular formula is C16H19ClN2O2. The van der Waals surface area contributed by atoms with E-state index in [0.717, 1.165) is 24.0 Å². The summed E-state index contributed by atoms with van der Waals surface area (Å²) in [6.45, 7) is 5.67. The monoisotopic (exact) mass is 306 g/mol. The molecule has 0 spiro atoms. The molecule has 21 heavy (non-hydrogen) atoms. The van der Waals surface area contributed by atoms with Gasteiger partial charge in [-0.3, -0.25) is 4.90 Å². The summed E-state index contributed by atoms with van der Waals surface area (Å²) in [5.74, 6) is 0. The minimum atomic E-state index is -0.471. The van der Waals surface area contributed by atoms with Gasteiger partial charge < -0.3 is 4.74 Å². The van der Waals surface area contributed by atoms with Crippen molar-refractivity contribution in [3.05, 3.63) is 35.1 Å². The van der Waals surface area contributed by atoms with Crippen molar-refractivity contribution in [2.45, 2.75) is 51.3 Å². The van der Waals surface area contributed by atoms with Gasteiger partial charge in [0.25, 0.3) is 0 Å². The summed E-state index contributed by atoms with van der Waals surface area (Å²) in [6.07, 6.45) is 5.65. The van der Waals surface area contributed by atoms with E-state index in [1.54, 1.807) is 12.3 Å². The van der Waals surface area contributed by atoms with Crippen molar-refractivity contribution in [3.63, 3.8) is 0 Å². The van der Waals surface area contributed by atoms with Crippen molar-refractivity contribution >= 4 is 23.3 Å². The molecule has 2 aliphatic heterocycles. The first-order valence-corrected chi connectivity index (χ1v) is 7.58. The highest BCUT2D eigenvalue weighted by atomic mass is 35.5. The summed E-state index contributed by atoms with van der Waals surface area (Å²) in [5, 5.41) is 0.478. The fraction of sp³-hybridized carbons (Fsp3) is 0.500. The van der Waals surface area contributed by atoms with E-state index in [2.05, 4.69) is 11.1 Å². The van der Waals surface area contributed by atoms with Gasteiger partial charge in [-0.25, -0.2) is 9.78 Å². The summed E-state index contributed by atoms with van der Waals surface area (Å²) >= 11 is 5.83. The number of aromatic nitrogens is 1. The maximum absolute atomic E-state index is 12.4. The predicted octanol–water partition coefficient (Wildman–Crippen LogP) is 3.90. The van der Waals surface area contributed by atoms with Gasteiger partial charge in [-0.15, -0.1) is 0 Å². The lowest BCUT2D eigenvalue weighted by atomic mass is 9.94. The molecule has 3 rings (SSSR count). The van der Waals surface area contributed by atoms with E-state index in [-0.39, 0.29) is 18.2 Å². The molecule has 0 saturated carbocycles. The molecule has 0 N–H and O–H groups in total. The fourth-order valence-corrected chi connectivity index (χ4v) is 3.15. The highest BCUT2D eigenvalue weighted by Crippen LogP contribution is 2.42. The Morgan fingerprint density at radius 3 is 2.76 bits per heavy atom. The molecule has 1 fully saturated rings. The van der Waals surface area contributed by atoms with Gasteiger partial charge >= 0.3 is 6.09 Å². The lowest BCUT2D eigenvalue weighted by Gasteiger charge is -2.28. The van der Waals surface area contributed by atoms with Crippen molar-refractivity contribution in [3.8, 4) is 0 Å². The standard InChI is InChI=1S/C16H19ClN2O2/c1-16(2,3)21-15(20)19-11-5-6-13(19)12(8-11)10-4-7-14(17)18-9-10/h4,7-9,11,13H,5-6H2,1-3H3/t11-,13+/m0/s1. The third kappa shape index (κ3) is 2.77. The van der Waals surface area contributed by atoms with E-state index in [1.165, 1.54) is 0 Å². The fourth-order valence-electron chi connectivity index (χ4n) is 3.04. The van der Waals surface area contributed by atoms with Crippen molar-refractivity contribution < 1.29 is 9.53 Å². The molecule has 2 aliphatic rings. The highest BCUT2D eigenvalue weighted by molar-refractivity contribution is 6.29. The average Bonchev–Trinajstić information content (AvgIpc) is 2.95. The lowest BCUT2D eigenvalue weighted by molar-refractivity contribution is 0.0235. The minimum absolute atomic E-state index is 0.0906. The van der Waals surface area contributed by atoms with Gasteiger partial charge in [0.1, 0.15) is 10.8 Å². The van der Waals surface area contributed by atoms with Gasteiger partial charge in [-0.05, 0) is 50.8 Å². The van der Waals surface area contributed by atoms with E-state index in [4.69, 9.17) is 16.3 Å². The molecule has 2 atom stereocenters. The number of fused-ring (bicyclic) bond motifs is 2. The number of pyridine rings is 1. The molecule has 1 saturated heterocycles. The van der Waals surface area contributed by atoms with Crippen LogP contribution in [0, 0.1) is 0 Å².